The van der Waals surface area contributed by atoms with E-state index in [4.69, 9.17) is 0 Å². The zero-order valence-corrected chi connectivity index (χ0v) is 29.1. The summed E-state index contributed by atoms with van der Waals surface area (Å²) in [5.74, 6) is 0. The fourth-order valence-corrected chi connectivity index (χ4v) is 8.45. The molecule has 0 spiro atoms. The fraction of sp³-hybridized carbons (Fsp3) is 0.0800. The molecule has 1 aromatic heterocycles. The number of rotatable bonds is 3. The van der Waals surface area contributed by atoms with Crippen LogP contribution in [0.2, 0.25) is 0 Å². The predicted octanol–water partition coefficient (Wildman–Crippen LogP) is 14.0. The lowest BCUT2D eigenvalue weighted by atomic mass is 9.81. The van der Waals surface area contributed by atoms with Crippen LogP contribution in [-0.2, 0) is 5.41 Å². The summed E-state index contributed by atoms with van der Waals surface area (Å²) in [6, 6.07) is 63.0. The van der Waals surface area contributed by atoms with Gasteiger partial charge in [-0.25, -0.2) is 0 Å². The third-order valence-electron chi connectivity index (χ3n) is 10.9. The molecule has 0 aliphatic rings. The second-order valence-electron chi connectivity index (χ2n) is 14.9. The summed E-state index contributed by atoms with van der Waals surface area (Å²) in [5, 5.41) is 12.7. The summed E-state index contributed by atoms with van der Waals surface area (Å²) >= 11 is 0. The first kappa shape index (κ1) is 29.7. The number of aromatic nitrogens is 1. The van der Waals surface area contributed by atoms with Gasteiger partial charge in [-0.05, 0) is 83.7 Å². The average molecular weight is 652 g/mol. The van der Waals surface area contributed by atoms with Crippen molar-refractivity contribution in [3.63, 3.8) is 0 Å². The molecule has 1 nitrogen and oxygen atoms in total. The van der Waals surface area contributed by atoms with Gasteiger partial charge < -0.3 is 4.57 Å². The summed E-state index contributed by atoms with van der Waals surface area (Å²) < 4.78 is 2.50. The van der Waals surface area contributed by atoms with E-state index in [9.17, 15) is 0 Å². The van der Waals surface area contributed by atoms with Gasteiger partial charge in [-0.15, -0.1) is 0 Å². The smallest absolute Gasteiger partial charge is 0.0619 e. The van der Waals surface area contributed by atoms with E-state index in [1.165, 1.54) is 92.7 Å². The Morgan fingerprint density at radius 3 is 1.37 bits per heavy atom. The van der Waals surface area contributed by atoms with Gasteiger partial charge in [0.2, 0.25) is 0 Å². The molecule has 9 aromatic carbocycles. The van der Waals surface area contributed by atoms with E-state index < -0.39 is 0 Å². The normalized spacial score (nSPS) is 12.2. The summed E-state index contributed by atoms with van der Waals surface area (Å²) in [5.41, 5.74) is 10.1. The van der Waals surface area contributed by atoms with Gasteiger partial charge in [-0.1, -0.05) is 172 Å². The Labute approximate surface area is 298 Å². The van der Waals surface area contributed by atoms with Crippen molar-refractivity contribution >= 4 is 64.9 Å². The average Bonchev–Trinajstić information content (AvgIpc) is 3.52. The number of benzene rings is 9. The van der Waals surface area contributed by atoms with Gasteiger partial charge in [0.15, 0.2) is 0 Å². The highest BCUT2D eigenvalue weighted by Crippen LogP contribution is 2.46. The number of fused-ring (bicyclic) bond motifs is 9. The molecule has 0 N–H and O–H groups in total. The highest BCUT2D eigenvalue weighted by molar-refractivity contribution is 6.24. The molecular weight excluding hydrogens is 615 g/mol. The van der Waals surface area contributed by atoms with Crippen molar-refractivity contribution in [2.45, 2.75) is 26.2 Å². The quantitative estimate of drug-likeness (QED) is 0.168. The monoisotopic (exact) mass is 651 g/mol. The molecule has 0 fully saturated rings. The van der Waals surface area contributed by atoms with Crippen molar-refractivity contribution in [3.8, 4) is 27.9 Å². The molecule has 0 radical (unpaired) electrons. The van der Waals surface area contributed by atoms with E-state index in [0.717, 1.165) is 5.69 Å². The molecular formula is C50H37N. The van der Waals surface area contributed by atoms with Crippen molar-refractivity contribution in [2.75, 3.05) is 0 Å². The Morgan fingerprint density at radius 1 is 0.353 bits per heavy atom. The molecule has 0 aliphatic heterocycles. The Bertz CT molecular complexity index is 2880. The van der Waals surface area contributed by atoms with Gasteiger partial charge in [0.05, 0.1) is 11.0 Å². The van der Waals surface area contributed by atoms with Crippen LogP contribution < -0.4 is 0 Å². The lowest BCUT2D eigenvalue weighted by Gasteiger charge is -2.23. The molecule has 0 unspecified atom stereocenters. The van der Waals surface area contributed by atoms with Gasteiger partial charge in [-0.2, -0.15) is 0 Å². The van der Waals surface area contributed by atoms with Crippen LogP contribution in [0.5, 0.6) is 0 Å². The summed E-state index contributed by atoms with van der Waals surface area (Å²) in [7, 11) is 0. The van der Waals surface area contributed by atoms with Crippen LogP contribution in [0, 0.1) is 0 Å². The van der Waals surface area contributed by atoms with Gasteiger partial charge in [0, 0.05) is 27.2 Å². The number of hydrogen-bond donors (Lipinski definition) is 0. The molecule has 10 rings (SSSR count). The van der Waals surface area contributed by atoms with Crippen molar-refractivity contribution < 1.29 is 0 Å². The van der Waals surface area contributed by atoms with Crippen LogP contribution in [0.1, 0.15) is 26.3 Å². The molecule has 0 amide bonds. The van der Waals surface area contributed by atoms with Crippen LogP contribution in [0.15, 0.2) is 170 Å². The standard InChI is InChI=1S/C50H37N/c1-50(2,3)36-25-30-42-45(31-36)47(34-15-5-4-6-16-34)41-20-12-11-19-40(41)46(42)35-21-26-37(27-22-35)51-48-38-17-9-7-13-32(38)23-28-43(48)44-29-24-33-14-8-10-18-39(33)49(44)51/h4-31H,1-3H3. The van der Waals surface area contributed by atoms with Crippen LogP contribution in [0.3, 0.4) is 0 Å². The molecule has 0 saturated carbocycles. The molecule has 242 valence electrons. The maximum absolute atomic E-state index is 2.50. The predicted molar refractivity (Wildman–Crippen MR) is 220 cm³/mol. The van der Waals surface area contributed by atoms with Crippen molar-refractivity contribution in [1.82, 2.24) is 4.57 Å². The SMILES string of the molecule is CC(C)(C)c1ccc2c(-c3ccc(-n4c5c6ccccc6ccc5c5ccc6ccccc6c54)cc3)c3ccccc3c(-c3ccccc3)c2c1. The summed E-state index contributed by atoms with van der Waals surface area (Å²) in [6.07, 6.45) is 0. The molecule has 0 aliphatic carbocycles. The Hall–Kier alpha value is -6.18. The Kier molecular flexibility index (Phi) is 6.51. The van der Waals surface area contributed by atoms with Crippen molar-refractivity contribution in [3.05, 3.63) is 175 Å². The van der Waals surface area contributed by atoms with Crippen LogP contribution in [0.4, 0.5) is 0 Å². The minimum Gasteiger partial charge on any atom is -0.308 e. The molecule has 0 bridgehead atoms. The van der Waals surface area contributed by atoms with Crippen molar-refractivity contribution in [1.29, 1.82) is 0 Å². The lowest BCUT2D eigenvalue weighted by molar-refractivity contribution is 0.591. The lowest BCUT2D eigenvalue weighted by Crippen LogP contribution is -2.10. The fourth-order valence-electron chi connectivity index (χ4n) is 8.45. The first-order valence-corrected chi connectivity index (χ1v) is 17.9. The first-order chi connectivity index (χ1) is 25.0. The van der Waals surface area contributed by atoms with Gasteiger partial charge in [-0.3, -0.25) is 0 Å². The third-order valence-corrected chi connectivity index (χ3v) is 10.9. The topological polar surface area (TPSA) is 4.93 Å². The molecule has 0 atom stereocenters. The maximum atomic E-state index is 2.50. The minimum absolute atomic E-state index is 0.0340. The molecule has 1 heteroatoms. The second-order valence-corrected chi connectivity index (χ2v) is 14.9. The molecule has 10 aromatic rings. The van der Waals surface area contributed by atoms with Gasteiger partial charge in [0.1, 0.15) is 0 Å². The van der Waals surface area contributed by atoms with E-state index in [1.807, 2.05) is 0 Å². The first-order valence-electron chi connectivity index (χ1n) is 17.9. The van der Waals surface area contributed by atoms with Crippen LogP contribution >= 0.6 is 0 Å². The summed E-state index contributed by atoms with van der Waals surface area (Å²) in [6.45, 7) is 6.91. The minimum atomic E-state index is 0.0340. The van der Waals surface area contributed by atoms with E-state index in [2.05, 4.69) is 195 Å². The zero-order valence-electron chi connectivity index (χ0n) is 29.1. The Balaban J connectivity index is 1.27. The molecule has 1 heterocycles. The van der Waals surface area contributed by atoms with Crippen molar-refractivity contribution in [2.24, 2.45) is 0 Å². The van der Waals surface area contributed by atoms with E-state index in [0.29, 0.717) is 0 Å². The largest absolute Gasteiger partial charge is 0.308 e. The van der Waals surface area contributed by atoms with E-state index >= 15 is 0 Å². The van der Waals surface area contributed by atoms with Gasteiger partial charge in [0.25, 0.3) is 0 Å². The van der Waals surface area contributed by atoms with E-state index in [1.54, 1.807) is 0 Å². The second kappa shape index (κ2) is 11.2. The van der Waals surface area contributed by atoms with E-state index in [-0.39, 0.29) is 5.41 Å². The highest BCUT2D eigenvalue weighted by Gasteiger charge is 2.21. The maximum Gasteiger partial charge on any atom is 0.0619 e. The molecule has 51 heavy (non-hydrogen) atoms. The highest BCUT2D eigenvalue weighted by atomic mass is 15.0. The zero-order chi connectivity index (χ0) is 34.3. The summed E-state index contributed by atoms with van der Waals surface area (Å²) in [4.78, 5) is 0. The third kappa shape index (κ3) is 4.55. The van der Waals surface area contributed by atoms with Crippen LogP contribution in [-0.4, -0.2) is 4.57 Å². The number of nitrogens with zero attached hydrogens (tertiary/aromatic N) is 1. The molecule has 0 saturated heterocycles. The van der Waals surface area contributed by atoms with Gasteiger partial charge >= 0.3 is 0 Å². The Morgan fingerprint density at radius 2 is 0.804 bits per heavy atom. The number of hydrogen-bond acceptors (Lipinski definition) is 0. The van der Waals surface area contributed by atoms with Crippen LogP contribution in [0.25, 0.3) is 92.8 Å².